The molecule has 1 aromatic carbocycles. The second-order valence-electron chi connectivity index (χ2n) is 6.16. The first kappa shape index (κ1) is 14.0. The van der Waals surface area contributed by atoms with Crippen LogP contribution in [0, 0.1) is 0 Å². The molecule has 0 N–H and O–H groups in total. The standard InChI is InChI=1S/C16H21NO2S/c1-16(2)11-17(6-8-20-16)10-14(18)12-3-4-15-13(9-12)5-7-19-15/h3-4,9H,5-8,10-11H2,1-2H3. The first-order valence-corrected chi connectivity index (χ1v) is 8.17. The van der Waals surface area contributed by atoms with Crippen LogP contribution in [-0.2, 0) is 6.42 Å². The van der Waals surface area contributed by atoms with Crippen LogP contribution < -0.4 is 4.74 Å². The maximum atomic E-state index is 12.4. The number of nitrogens with zero attached hydrogens (tertiary/aromatic N) is 1. The molecule has 3 rings (SSSR count). The van der Waals surface area contributed by atoms with E-state index in [1.807, 2.05) is 30.0 Å². The van der Waals surface area contributed by atoms with Gasteiger partial charge in [0, 0.05) is 35.6 Å². The molecule has 0 spiro atoms. The molecule has 4 heteroatoms. The minimum atomic E-state index is 0.224. The third-order valence-corrected chi connectivity index (χ3v) is 5.18. The predicted octanol–water partition coefficient (Wildman–Crippen LogP) is 2.63. The van der Waals surface area contributed by atoms with E-state index in [1.165, 1.54) is 5.56 Å². The van der Waals surface area contributed by atoms with Gasteiger partial charge in [-0.05, 0) is 37.6 Å². The highest BCUT2D eigenvalue weighted by molar-refractivity contribution is 8.00. The Morgan fingerprint density at radius 1 is 1.45 bits per heavy atom. The number of carbonyl (C=O) groups is 1. The van der Waals surface area contributed by atoms with Gasteiger partial charge in [0.1, 0.15) is 5.75 Å². The van der Waals surface area contributed by atoms with Crippen LogP contribution >= 0.6 is 11.8 Å². The van der Waals surface area contributed by atoms with E-state index in [9.17, 15) is 4.79 Å². The summed E-state index contributed by atoms with van der Waals surface area (Å²) in [5.74, 6) is 2.28. The Labute approximate surface area is 124 Å². The van der Waals surface area contributed by atoms with Gasteiger partial charge in [0.2, 0.25) is 0 Å². The van der Waals surface area contributed by atoms with Crippen molar-refractivity contribution >= 4 is 17.5 Å². The molecule has 0 bridgehead atoms. The Balaban J connectivity index is 1.67. The van der Waals surface area contributed by atoms with E-state index in [0.717, 1.165) is 43.2 Å². The maximum absolute atomic E-state index is 12.4. The summed E-state index contributed by atoms with van der Waals surface area (Å²) in [5.41, 5.74) is 2.00. The highest BCUT2D eigenvalue weighted by Crippen LogP contribution is 2.30. The largest absolute Gasteiger partial charge is 0.493 e. The smallest absolute Gasteiger partial charge is 0.176 e. The first-order valence-electron chi connectivity index (χ1n) is 7.19. The molecule has 2 aliphatic heterocycles. The van der Waals surface area contributed by atoms with Crippen LogP contribution in [0.1, 0.15) is 29.8 Å². The number of carbonyl (C=O) groups excluding carboxylic acids is 1. The Morgan fingerprint density at radius 3 is 3.10 bits per heavy atom. The van der Waals surface area contributed by atoms with Gasteiger partial charge in [0.25, 0.3) is 0 Å². The van der Waals surface area contributed by atoms with Crippen molar-refractivity contribution in [2.75, 3.05) is 32.0 Å². The van der Waals surface area contributed by atoms with Crippen LogP contribution in [0.15, 0.2) is 18.2 Å². The summed E-state index contributed by atoms with van der Waals surface area (Å²) in [7, 11) is 0. The van der Waals surface area contributed by atoms with Crippen LogP contribution in [-0.4, -0.2) is 47.4 Å². The van der Waals surface area contributed by atoms with Crippen molar-refractivity contribution in [3.63, 3.8) is 0 Å². The summed E-state index contributed by atoms with van der Waals surface area (Å²) in [6.07, 6.45) is 0.920. The average molecular weight is 291 g/mol. The van der Waals surface area contributed by atoms with Crippen molar-refractivity contribution in [1.29, 1.82) is 0 Å². The van der Waals surface area contributed by atoms with Gasteiger partial charge in [-0.2, -0.15) is 11.8 Å². The Kier molecular flexibility index (Phi) is 3.78. The fraction of sp³-hybridized carbons (Fsp3) is 0.562. The molecule has 0 amide bonds. The van der Waals surface area contributed by atoms with Crippen LogP contribution in [0.4, 0.5) is 0 Å². The van der Waals surface area contributed by atoms with Crippen molar-refractivity contribution in [1.82, 2.24) is 4.90 Å². The van der Waals surface area contributed by atoms with E-state index in [4.69, 9.17) is 4.74 Å². The van der Waals surface area contributed by atoms with Crippen molar-refractivity contribution in [2.45, 2.75) is 25.0 Å². The zero-order valence-corrected chi connectivity index (χ0v) is 13.0. The Hall–Kier alpha value is -1.000. The summed E-state index contributed by atoms with van der Waals surface area (Å²) >= 11 is 1.99. The van der Waals surface area contributed by atoms with Gasteiger partial charge >= 0.3 is 0 Å². The van der Waals surface area contributed by atoms with Gasteiger partial charge in [0.05, 0.1) is 13.2 Å². The fourth-order valence-electron chi connectivity index (χ4n) is 2.90. The number of thioether (sulfide) groups is 1. The zero-order valence-electron chi connectivity index (χ0n) is 12.1. The number of Topliss-reactive ketones (excluding diaryl/α,β-unsaturated/α-hetero) is 1. The molecule has 0 saturated carbocycles. The summed E-state index contributed by atoms with van der Waals surface area (Å²) in [5, 5.41) is 0. The maximum Gasteiger partial charge on any atom is 0.176 e. The number of rotatable bonds is 3. The molecule has 0 unspecified atom stereocenters. The molecule has 0 aromatic heterocycles. The number of ether oxygens (including phenoxy) is 1. The van der Waals surface area contributed by atoms with Crippen LogP contribution in [0.5, 0.6) is 5.75 Å². The normalized spacial score (nSPS) is 21.3. The number of benzene rings is 1. The summed E-state index contributed by atoms with van der Waals surface area (Å²) in [4.78, 5) is 14.7. The van der Waals surface area contributed by atoms with Gasteiger partial charge in [0.15, 0.2) is 5.78 Å². The molecule has 1 aromatic rings. The molecule has 1 fully saturated rings. The van der Waals surface area contributed by atoms with Gasteiger partial charge in [-0.3, -0.25) is 9.69 Å². The molecule has 108 valence electrons. The molecule has 2 aliphatic rings. The van der Waals surface area contributed by atoms with Crippen LogP contribution in [0.2, 0.25) is 0 Å². The number of fused-ring (bicyclic) bond motifs is 1. The lowest BCUT2D eigenvalue weighted by molar-refractivity contribution is 0.0927. The molecular weight excluding hydrogens is 270 g/mol. The van der Waals surface area contributed by atoms with Gasteiger partial charge in [-0.1, -0.05) is 0 Å². The third kappa shape index (κ3) is 3.01. The topological polar surface area (TPSA) is 29.5 Å². The van der Waals surface area contributed by atoms with Crippen molar-refractivity contribution in [3.8, 4) is 5.75 Å². The predicted molar refractivity (Wildman–Crippen MR) is 82.9 cm³/mol. The molecule has 1 saturated heterocycles. The summed E-state index contributed by atoms with van der Waals surface area (Å²) in [6, 6.07) is 5.84. The van der Waals surface area contributed by atoms with E-state index in [1.54, 1.807) is 0 Å². The van der Waals surface area contributed by atoms with Crippen LogP contribution in [0.3, 0.4) is 0 Å². The van der Waals surface area contributed by atoms with Gasteiger partial charge < -0.3 is 4.74 Å². The fourth-order valence-corrected chi connectivity index (χ4v) is 4.08. The molecule has 3 nitrogen and oxygen atoms in total. The zero-order chi connectivity index (χ0) is 14.2. The Bertz CT molecular complexity index is 527. The Morgan fingerprint density at radius 2 is 2.30 bits per heavy atom. The van der Waals surface area contributed by atoms with E-state index >= 15 is 0 Å². The van der Waals surface area contributed by atoms with Gasteiger partial charge in [-0.25, -0.2) is 0 Å². The van der Waals surface area contributed by atoms with E-state index in [-0.39, 0.29) is 10.5 Å². The lowest BCUT2D eigenvalue weighted by atomic mass is 10.0. The molecule has 2 heterocycles. The molecule has 0 aliphatic carbocycles. The van der Waals surface area contributed by atoms with E-state index < -0.39 is 0 Å². The summed E-state index contributed by atoms with van der Waals surface area (Å²) < 4.78 is 5.74. The number of hydrogen-bond acceptors (Lipinski definition) is 4. The second-order valence-corrected chi connectivity index (χ2v) is 7.97. The molecule has 0 radical (unpaired) electrons. The van der Waals surface area contributed by atoms with E-state index in [2.05, 4.69) is 18.7 Å². The number of hydrogen-bond donors (Lipinski definition) is 0. The number of ketones is 1. The first-order chi connectivity index (χ1) is 9.53. The lowest BCUT2D eigenvalue weighted by Gasteiger charge is -2.37. The molecule has 20 heavy (non-hydrogen) atoms. The third-order valence-electron chi connectivity index (χ3n) is 3.88. The van der Waals surface area contributed by atoms with E-state index in [0.29, 0.717) is 6.54 Å². The van der Waals surface area contributed by atoms with Crippen molar-refractivity contribution in [3.05, 3.63) is 29.3 Å². The minimum absolute atomic E-state index is 0.224. The SMILES string of the molecule is CC1(C)CN(CC(=O)c2ccc3c(c2)CCO3)CCS1. The average Bonchev–Trinajstić information content (AvgIpc) is 2.84. The second kappa shape index (κ2) is 5.41. The van der Waals surface area contributed by atoms with Gasteiger partial charge in [-0.15, -0.1) is 0 Å². The monoisotopic (exact) mass is 291 g/mol. The molecule has 0 atom stereocenters. The highest BCUT2D eigenvalue weighted by Gasteiger charge is 2.28. The summed E-state index contributed by atoms with van der Waals surface area (Å²) in [6.45, 7) is 7.77. The molecular formula is C16H21NO2S. The van der Waals surface area contributed by atoms with Crippen molar-refractivity contribution < 1.29 is 9.53 Å². The van der Waals surface area contributed by atoms with Crippen molar-refractivity contribution in [2.24, 2.45) is 0 Å². The highest BCUT2D eigenvalue weighted by atomic mass is 32.2. The van der Waals surface area contributed by atoms with Crippen LogP contribution in [0.25, 0.3) is 0 Å². The minimum Gasteiger partial charge on any atom is -0.493 e. The quantitative estimate of drug-likeness (QED) is 0.801. The lowest BCUT2D eigenvalue weighted by Crippen LogP contribution is -2.45.